The maximum atomic E-state index is 5.62. The molecule has 1 atom stereocenters. The first-order valence-corrected chi connectivity index (χ1v) is 7.53. The van der Waals surface area contributed by atoms with Crippen molar-refractivity contribution >= 4 is 6.01 Å². The first kappa shape index (κ1) is 15.5. The second-order valence-corrected chi connectivity index (χ2v) is 5.54. The van der Waals surface area contributed by atoms with Crippen LogP contribution < -0.4 is 10.6 Å². The molecule has 0 aliphatic rings. The van der Waals surface area contributed by atoms with Crippen LogP contribution in [0.5, 0.6) is 0 Å². The van der Waals surface area contributed by atoms with Gasteiger partial charge in [0.2, 0.25) is 5.89 Å². The van der Waals surface area contributed by atoms with Crippen molar-refractivity contribution in [3.8, 4) is 0 Å². The van der Waals surface area contributed by atoms with Crippen molar-refractivity contribution in [3.05, 3.63) is 41.8 Å². The molecule has 21 heavy (non-hydrogen) atoms. The summed E-state index contributed by atoms with van der Waals surface area (Å²) in [6.07, 6.45) is 0.952. The highest BCUT2D eigenvalue weighted by atomic mass is 16.4. The van der Waals surface area contributed by atoms with Gasteiger partial charge in [-0.15, -0.1) is 5.10 Å². The van der Waals surface area contributed by atoms with Crippen molar-refractivity contribution in [1.29, 1.82) is 0 Å². The third kappa shape index (κ3) is 4.86. The van der Waals surface area contributed by atoms with Gasteiger partial charge in [0, 0.05) is 0 Å². The number of nitrogens with zero attached hydrogens (tertiary/aromatic N) is 2. The van der Waals surface area contributed by atoms with E-state index in [-0.39, 0.29) is 6.04 Å². The molecule has 5 nitrogen and oxygen atoms in total. The van der Waals surface area contributed by atoms with Gasteiger partial charge in [-0.2, -0.15) is 0 Å². The predicted molar refractivity (Wildman–Crippen MR) is 83.9 cm³/mol. The maximum absolute atomic E-state index is 5.62. The van der Waals surface area contributed by atoms with E-state index in [1.54, 1.807) is 0 Å². The molecule has 5 heteroatoms. The summed E-state index contributed by atoms with van der Waals surface area (Å²) in [5.41, 5.74) is 1.22. The number of nitrogens with one attached hydrogen (secondary N) is 2. The van der Waals surface area contributed by atoms with Gasteiger partial charge in [0.25, 0.3) is 0 Å². The summed E-state index contributed by atoms with van der Waals surface area (Å²) in [4.78, 5) is 0. The molecule has 2 N–H and O–H groups in total. The molecule has 0 fully saturated rings. The summed E-state index contributed by atoms with van der Waals surface area (Å²) in [7, 11) is 0. The Morgan fingerprint density at radius 3 is 2.57 bits per heavy atom. The summed E-state index contributed by atoms with van der Waals surface area (Å²) in [5, 5.41) is 14.7. The Morgan fingerprint density at radius 1 is 1.14 bits per heavy atom. The number of anilines is 1. The average Bonchev–Trinajstić information content (AvgIpc) is 2.93. The molecule has 0 amide bonds. The lowest BCUT2D eigenvalue weighted by atomic mass is 10.1. The molecule has 2 rings (SSSR count). The van der Waals surface area contributed by atoms with Crippen LogP contribution in [0.2, 0.25) is 0 Å². The lowest BCUT2D eigenvalue weighted by molar-refractivity contribution is 0.455. The molecular formula is C16H24N4O. The Hall–Kier alpha value is -1.88. The molecule has 0 aliphatic carbocycles. The van der Waals surface area contributed by atoms with Crippen molar-refractivity contribution in [2.24, 2.45) is 5.92 Å². The van der Waals surface area contributed by atoms with Crippen LogP contribution in [-0.2, 0) is 6.54 Å². The van der Waals surface area contributed by atoms with Gasteiger partial charge < -0.3 is 15.1 Å². The smallest absolute Gasteiger partial charge is 0.315 e. The van der Waals surface area contributed by atoms with Crippen LogP contribution >= 0.6 is 0 Å². The summed E-state index contributed by atoms with van der Waals surface area (Å²) in [5.74, 6) is 1.22. The van der Waals surface area contributed by atoms with Crippen molar-refractivity contribution in [1.82, 2.24) is 15.5 Å². The van der Waals surface area contributed by atoms with Gasteiger partial charge in [0.1, 0.15) is 0 Å². The minimum Gasteiger partial charge on any atom is -0.407 e. The second-order valence-electron chi connectivity index (χ2n) is 5.54. The zero-order valence-electron chi connectivity index (χ0n) is 13.0. The van der Waals surface area contributed by atoms with Crippen LogP contribution in [0.1, 0.15) is 44.7 Å². The summed E-state index contributed by atoms with van der Waals surface area (Å²) in [6.45, 7) is 8.01. The lowest BCUT2D eigenvalue weighted by Crippen LogP contribution is -2.19. The van der Waals surface area contributed by atoms with Gasteiger partial charge in [0.15, 0.2) is 0 Å². The highest BCUT2D eigenvalue weighted by molar-refractivity contribution is 5.28. The van der Waals surface area contributed by atoms with E-state index < -0.39 is 0 Å². The van der Waals surface area contributed by atoms with Crippen molar-refractivity contribution < 1.29 is 4.42 Å². The third-order valence-electron chi connectivity index (χ3n) is 3.20. The monoisotopic (exact) mass is 288 g/mol. The Kier molecular flexibility index (Phi) is 5.75. The molecular weight excluding hydrogens is 264 g/mol. The summed E-state index contributed by atoms with van der Waals surface area (Å²) in [6, 6.07) is 11.0. The number of hydrogen-bond acceptors (Lipinski definition) is 5. The van der Waals surface area contributed by atoms with Crippen molar-refractivity contribution in [3.63, 3.8) is 0 Å². The predicted octanol–water partition coefficient (Wildman–Crippen LogP) is 3.38. The van der Waals surface area contributed by atoms with Crippen LogP contribution in [0.15, 0.2) is 34.7 Å². The zero-order chi connectivity index (χ0) is 15.1. The van der Waals surface area contributed by atoms with E-state index in [4.69, 9.17) is 4.42 Å². The van der Waals surface area contributed by atoms with E-state index in [1.165, 1.54) is 5.56 Å². The normalized spacial score (nSPS) is 12.6. The number of hydrogen-bond donors (Lipinski definition) is 2. The topological polar surface area (TPSA) is 63.0 Å². The number of rotatable bonds is 8. The minimum absolute atomic E-state index is 0.183. The van der Waals surface area contributed by atoms with Crippen LogP contribution in [0, 0.1) is 5.92 Å². The quantitative estimate of drug-likeness (QED) is 0.779. The van der Waals surface area contributed by atoms with Crippen LogP contribution in [-0.4, -0.2) is 16.7 Å². The largest absolute Gasteiger partial charge is 0.407 e. The van der Waals surface area contributed by atoms with Gasteiger partial charge in [-0.3, -0.25) is 0 Å². The molecule has 2 aromatic rings. The van der Waals surface area contributed by atoms with Gasteiger partial charge in [-0.05, 0) is 24.4 Å². The van der Waals surface area contributed by atoms with E-state index in [0.717, 1.165) is 13.0 Å². The van der Waals surface area contributed by atoms with Gasteiger partial charge >= 0.3 is 6.01 Å². The third-order valence-corrected chi connectivity index (χ3v) is 3.20. The van der Waals surface area contributed by atoms with E-state index in [0.29, 0.717) is 24.4 Å². The van der Waals surface area contributed by atoms with Gasteiger partial charge in [-0.25, -0.2) is 0 Å². The molecule has 1 aromatic heterocycles. The Labute approximate surface area is 126 Å². The second kappa shape index (κ2) is 7.78. The first-order valence-electron chi connectivity index (χ1n) is 7.53. The highest BCUT2D eigenvalue weighted by Crippen LogP contribution is 2.21. The standard InChI is InChI=1S/C16H24N4O/c1-4-14(13-8-6-5-7-9-13)18-16-20-19-15(21-16)11-17-10-12(2)3/h5-9,12,14,17H,4,10-11H2,1-3H3,(H,18,20). The lowest BCUT2D eigenvalue weighted by Gasteiger charge is -2.15. The van der Waals surface area contributed by atoms with Gasteiger partial charge in [-0.1, -0.05) is 56.2 Å². The zero-order valence-corrected chi connectivity index (χ0v) is 13.0. The Balaban J connectivity index is 1.91. The van der Waals surface area contributed by atoms with E-state index in [1.807, 2.05) is 18.2 Å². The first-order chi connectivity index (χ1) is 10.2. The summed E-state index contributed by atoms with van der Waals surface area (Å²) >= 11 is 0. The Bertz CT molecular complexity index is 524. The van der Waals surface area contributed by atoms with Crippen LogP contribution in [0.4, 0.5) is 6.01 Å². The molecule has 0 radical (unpaired) electrons. The van der Waals surface area contributed by atoms with Crippen molar-refractivity contribution in [2.75, 3.05) is 11.9 Å². The fourth-order valence-electron chi connectivity index (χ4n) is 2.11. The van der Waals surface area contributed by atoms with Crippen molar-refractivity contribution in [2.45, 2.75) is 39.8 Å². The fraction of sp³-hybridized carbons (Fsp3) is 0.500. The van der Waals surface area contributed by atoms with Crippen LogP contribution in [0.25, 0.3) is 0 Å². The Morgan fingerprint density at radius 2 is 1.90 bits per heavy atom. The van der Waals surface area contributed by atoms with E-state index in [9.17, 15) is 0 Å². The molecule has 1 heterocycles. The number of aromatic nitrogens is 2. The molecule has 1 unspecified atom stereocenters. The summed E-state index contributed by atoms with van der Waals surface area (Å²) < 4.78 is 5.62. The molecule has 0 aliphatic heterocycles. The molecule has 0 saturated carbocycles. The maximum Gasteiger partial charge on any atom is 0.315 e. The minimum atomic E-state index is 0.183. The number of benzene rings is 1. The van der Waals surface area contributed by atoms with E-state index in [2.05, 4.69) is 53.7 Å². The highest BCUT2D eigenvalue weighted by Gasteiger charge is 2.13. The van der Waals surface area contributed by atoms with E-state index >= 15 is 0 Å². The molecule has 0 spiro atoms. The average molecular weight is 288 g/mol. The fourth-order valence-corrected chi connectivity index (χ4v) is 2.11. The SMILES string of the molecule is CCC(Nc1nnc(CNCC(C)C)o1)c1ccccc1. The molecule has 114 valence electrons. The van der Waals surface area contributed by atoms with Crippen LogP contribution in [0.3, 0.4) is 0 Å². The molecule has 1 aromatic carbocycles. The van der Waals surface area contributed by atoms with Gasteiger partial charge in [0.05, 0.1) is 12.6 Å². The molecule has 0 saturated heterocycles. The molecule has 0 bridgehead atoms.